The molecule has 0 spiro atoms. The SMILES string of the molecule is C=C/C=C(\CO[Si](C)(C)C(C)(C)C)C(=O)OC. The van der Waals surface area contributed by atoms with Crippen LogP contribution < -0.4 is 0 Å². The summed E-state index contributed by atoms with van der Waals surface area (Å²) in [6.07, 6.45) is 3.21. The Morgan fingerprint density at radius 1 is 1.35 bits per heavy atom. The van der Waals surface area contributed by atoms with Crippen LogP contribution in [-0.4, -0.2) is 28.0 Å². The molecule has 0 aromatic rings. The lowest BCUT2D eigenvalue weighted by atomic mass is 10.2. The molecule has 4 heteroatoms. The minimum absolute atomic E-state index is 0.127. The van der Waals surface area contributed by atoms with Gasteiger partial charge in [0.05, 0.1) is 19.3 Å². The third kappa shape index (κ3) is 4.87. The second-order valence-electron chi connectivity index (χ2n) is 5.47. The Kier molecular flexibility index (Phi) is 5.85. The Labute approximate surface area is 106 Å². The fourth-order valence-corrected chi connectivity index (χ4v) is 1.87. The topological polar surface area (TPSA) is 35.5 Å². The molecule has 0 saturated carbocycles. The third-order valence-corrected chi connectivity index (χ3v) is 7.64. The Morgan fingerprint density at radius 2 is 1.88 bits per heavy atom. The highest BCUT2D eigenvalue weighted by atomic mass is 28.4. The fourth-order valence-electron chi connectivity index (χ4n) is 0.923. The summed E-state index contributed by atoms with van der Waals surface area (Å²) in [6, 6.07) is 0. The van der Waals surface area contributed by atoms with Crippen LogP contribution in [0.5, 0.6) is 0 Å². The van der Waals surface area contributed by atoms with Crippen LogP contribution in [0.2, 0.25) is 18.1 Å². The van der Waals surface area contributed by atoms with Gasteiger partial charge in [0.25, 0.3) is 0 Å². The largest absolute Gasteiger partial charge is 0.466 e. The zero-order chi connectivity index (χ0) is 13.7. The maximum atomic E-state index is 11.5. The van der Waals surface area contributed by atoms with Crippen molar-refractivity contribution in [3.8, 4) is 0 Å². The van der Waals surface area contributed by atoms with E-state index in [2.05, 4.69) is 40.4 Å². The Hall–Kier alpha value is -0.873. The summed E-state index contributed by atoms with van der Waals surface area (Å²) in [6.45, 7) is 14.6. The van der Waals surface area contributed by atoms with E-state index in [9.17, 15) is 4.79 Å². The Balaban J connectivity index is 4.68. The predicted molar refractivity (Wildman–Crippen MR) is 73.4 cm³/mol. The van der Waals surface area contributed by atoms with Gasteiger partial charge in [0, 0.05) is 0 Å². The summed E-state index contributed by atoms with van der Waals surface area (Å²) in [5, 5.41) is 0.127. The highest BCUT2D eigenvalue weighted by Gasteiger charge is 2.37. The van der Waals surface area contributed by atoms with Gasteiger partial charge in [0.1, 0.15) is 0 Å². The normalized spacial score (nSPS) is 13.4. The van der Waals surface area contributed by atoms with Crippen molar-refractivity contribution in [2.75, 3.05) is 13.7 Å². The zero-order valence-corrected chi connectivity index (χ0v) is 12.8. The molecule has 98 valence electrons. The summed E-state index contributed by atoms with van der Waals surface area (Å²) in [7, 11) is -0.472. The van der Waals surface area contributed by atoms with Gasteiger partial charge in [0.2, 0.25) is 0 Å². The predicted octanol–water partition coefficient (Wildman–Crippen LogP) is 3.29. The van der Waals surface area contributed by atoms with E-state index in [1.807, 2.05) is 0 Å². The summed E-state index contributed by atoms with van der Waals surface area (Å²) in [5.41, 5.74) is 0.507. The number of ether oxygens (including phenoxy) is 1. The van der Waals surface area contributed by atoms with Crippen LogP contribution in [0.4, 0.5) is 0 Å². The molecule has 0 unspecified atom stereocenters. The molecule has 17 heavy (non-hydrogen) atoms. The third-order valence-electron chi connectivity index (χ3n) is 3.16. The van der Waals surface area contributed by atoms with Crippen LogP contribution >= 0.6 is 0 Å². The van der Waals surface area contributed by atoms with Crippen molar-refractivity contribution in [3.05, 3.63) is 24.3 Å². The molecule has 0 atom stereocenters. The molecule has 0 amide bonds. The molecule has 0 aromatic heterocycles. The van der Waals surface area contributed by atoms with Gasteiger partial charge in [-0.05, 0) is 18.1 Å². The van der Waals surface area contributed by atoms with Crippen molar-refractivity contribution < 1.29 is 14.0 Å². The molecular weight excluding hydrogens is 232 g/mol. The van der Waals surface area contributed by atoms with Crippen LogP contribution in [0.3, 0.4) is 0 Å². The summed E-state index contributed by atoms with van der Waals surface area (Å²) in [4.78, 5) is 11.5. The second kappa shape index (κ2) is 6.17. The molecule has 0 radical (unpaired) electrons. The highest BCUT2D eigenvalue weighted by molar-refractivity contribution is 6.74. The molecule has 0 heterocycles. The number of rotatable bonds is 5. The van der Waals surface area contributed by atoms with Gasteiger partial charge in [0.15, 0.2) is 8.32 Å². The van der Waals surface area contributed by atoms with Gasteiger partial charge in [-0.1, -0.05) is 39.5 Å². The van der Waals surface area contributed by atoms with Crippen molar-refractivity contribution in [3.63, 3.8) is 0 Å². The molecule has 0 bridgehead atoms. The zero-order valence-electron chi connectivity index (χ0n) is 11.8. The first kappa shape index (κ1) is 16.1. The van der Waals surface area contributed by atoms with E-state index in [1.165, 1.54) is 7.11 Å². The van der Waals surface area contributed by atoms with E-state index >= 15 is 0 Å². The number of hydrogen-bond donors (Lipinski definition) is 0. The summed E-state index contributed by atoms with van der Waals surface area (Å²) < 4.78 is 10.6. The molecule has 0 aliphatic rings. The van der Waals surface area contributed by atoms with Crippen molar-refractivity contribution >= 4 is 14.3 Å². The molecule has 0 fully saturated rings. The van der Waals surface area contributed by atoms with Gasteiger partial charge in [-0.15, -0.1) is 0 Å². The van der Waals surface area contributed by atoms with E-state index < -0.39 is 8.32 Å². The molecule has 0 rings (SSSR count). The van der Waals surface area contributed by atoms with E-state index in [1.54, 1.807) is 12.2 Å². The maximum Gasteiger partial charge on any atom is 0.336 e. The van der Waals surface area contributed by atoms with Gasteiger partial charge < -0.3 is 9.16 Å². The molecule has 0 aliphatic heterocycles. The maximum absolute atomic E-state index is 11.5. The Bertz CT molecular complexity index is 311. The van der Waals surface area contributed by atoms with E-state index in [0.717, 1.165) is 0 Å². The fraction of sp³-hybridized carbons (Fsp3) is 0.615. The average molecular weight is 256 g/mol. The van der Waals surface area contributed by atoms with Gasteiger partial charge in [-0.3, -0.25) is 0 Å². The molecule has 3 nitrogen and oxygen atoms in total. The number of methoxy groups -OCH3 is 1. The number of carbonyl (C=O) groups is 1. The van der Waals surface area contributed by atoms with Crippen LogP contribution in [0, 0.1) is 0 Å². The lowest BCUT2D eigenvalue weighted by Gasteiger charge is -2.36. The van der Waals surface area contributed by atoms with E-state index in [4.69, 9.17) is 9.16 Å². The van der Waals surface area contributed by atoms with Crippen molar-refractivity contribution in [1.82, 2.24) is 0 Å². The van der Waals surface area contributed by atoms with Gasteiger partial charge in [-0.2, -0.15) is 0 Å². The molecular formula is C13H24O3Si. The smallest absolute Gasteiger partial charge is 0.336 e. The quantitative estimate of drug-likeness (QED) is 0.328. The summed E-state index contributed by atoms with van der Waals surface area (Å²) >= 11 is 0. The van der Waals surface area contributed by atoms with Crippen LogP contribution in [0.25, 0.3) is 0 Å². The lowest BCUT2D eigenvalue weighted by molar-refractivity contribution is -0.136. The minimum atomic E-state index is -1.84. The first-order valence-corrected chi connectivity index (χ1v) is 8.60. The number of carbonyl (C=O) groups excluding carboxylic acids is 1. The monoisotopic (exact) mass is 256 g/mol. The first-order valence-electron chi connectivity index (χ1n) is 5.69. The lowest BCUT2D eigenvalue weighted by Crippen LogP contribution is -2.41. The van der Waals surface area contributed by atoms with Crippen LogP contribution in [-0.2, 0) is 14.0 Å². The Morgan fingerprint density at radius 3 is 2.24 bits per heavy atom. The van der Waals surface area contributed by atoms with Crippen molar-refractivity contribution in [2.24, 2.45) is 0 Å². The molecule has 0 N–H and O–H groups in total. The average Bonchev–Trinajstić information content (AvgIpc) is 2.21. The first-order chi connectivity index (χ1) is 7.65. The minimum Gasteiger partial charge on any atom is -0.466 e. The molecule has 0 aliphatic carbocycles. The number of esters is 1. The molecule has 0 saturated heterocycles. The highest BCUT2D eigenvalue weighted by Crippen LogP contribution is 2.36. The van der Waals surface area contributed by atoms with Crippen molar-refractivity contribution in [2.45, 2.75) is 38.9 Å². The second-order valence-corrected chi connectivity index (χ2v) is 10.3. The number of allylic oxidation sites excluding steroid dienone is 2. The van der Waals surface area contributed by atoms with Crippen LogP contribution in [0.1, 0.15) is 20.8 Å². The van der Waals surface area contributed by atoms with Crippen LogP contribution in [0.15, 0.2) is 24.3 Å². The summed E-state index contributed by atoms with van der Waals surface area (Å²) in [5.74, 6) is -0.358. The molecule has 0 aromatic carbocycles. The van der Waals surface area contributed by atoms with E-state index in [-0.39, 0.29) is 17.6 Å². The number of hydrogen-bond acceptors (Lipinski definition) is 3. The van der Waals surface area contributed by atoms with E-state index in [0.29, 0.717) is 5.57 Å². The van der Waals surface area contributed by atoms with Crippen molar-refractivity contribution in [1.29, 1.82) is 0 Å². The standard InChI is InChI=1S/C13H24O3Si/c1-8-9-11(12(14)15-5)10-16-17(6,7)13(2,3)4/h8-9H,1,10H2,2-7H3/b11-9+. The van der Waals surface area contributed by atoms with Gasteiger partial charge >= 0.3 is 5.97 Å². The van der Waals surface area contributed by atoms with Gasteiger partial charge in [-0.25, -0.2) is 4.79 Å².